The molecule has 0 aliphatic carbocycles. The summed E-state index contributed by atoms with van der Waals surface area (Å²) >= 11 is 1.75. The first-order valence-electron chi connectivity index (χ1n) is 6.40. The highest BCUT2D eigenvalue weighted by Crippen LogP contribution is 2.19. The Morgan fingerprint density at radius 1 is 1.32 bits per heavy atom. The minimum atomic E-state index is 0.0945. The third-order valence-electron chi connectivity index (χ3n) is 3.14. The van der Waals surface area contributed by atoms with Gasteiger partial charge in [0.15, 0.2) is 0 Å². The number of methoxy groups -OCH3 is 1. The highest BCUT2D eigenvalue weighted by molar-refractivity contribution is 7.11. The molecule has 0 bridgehead atoms. The van der Waals surface area contributed by atoms with Crippen LogP contribution in [0.3, 0.4) is 0 Å². The van der Waals surface area contributed by atoms with Crippen LogP contribution in [0.1, 0.15) is 21.1 Å². The molecule has 0 fully saturated rings. The molecule has 1 unspecified atom stereocenters. The summed E-state index contributed by atoms with van der Waals surface area (Å²) in [6.07, 6.45) is 1.67. The van der Waals surface area contributed by atoms with Crippen molar-refractivity contribution in [3.8, 4) is 5.75 Å². The number of aromatic nitrogens is 1. The monoisotopic (exact) mass is 276 g/mol. The molecule has 0 saturated heterocycles. The number of aryl methyl sites for hydroxylation is 2. The maximum absolute atomic E-state index is 6.21. The van der Waals surface area contributed by atoms with Gasteiger partial charge in [-0.05, 0) is 38.0 Å². The van der Waals surface area contributed by atoms with E-state index in [-0.39, 0.29) is 6.04 Å². The lowest BCUT2D eigenvalue weighted by Gasteiger charge is -2.10. The van der Waals surface area contributed by atoms with Crippen LogP contribution in [0.15, 0.2) is 24.3 Å². The van der Waals surface area contributed by atoms with Crippen molar-refractivity contribution in [2.45, 2.75) is 32.7 Å². The third-order valence-corrected chi connectivity index (χ3v) is 4.24. The van der Waals surface area contributed by atoms with Gasteiger partial charge >= 0.3 is 0 Å². The molecule has 0 radical (unpaired) electrons. The maximum atomic E-state index is 6.21. The van der Waals surface area contributed by atoms with Crippen LogP contribution in [0.2, 0.25) is 0 Å². The Hall–Kier alpha value is -1.39. The van der Waals surface area contributed by atoms with Crippen LogP contribution in [0, 0.1) is 13.8 Å². The first-order chi connectivity index (χ1) is 9.08. The standard InChI is InChI=1S/C15H20N2OS/c1-10-11(2)19-15(17-10)9-13(16)7-12-5-4-6-14(8-12)18-3/h4-6,8,13H,7,9,16H2,1-3H3. The molecule has 0 aliphatic heterocycles. The lowest BCUT2D eigenvalue weighted by molar-refractivity contribution is 0.414. The summed E-state index contributed by atoms with van der Waals surface area (Å²) < 4.78 is 5.22. The van der Waals surface area contributed by atoms with Gasteiger partial charge in [0, 0.05) is 17.3 Å². The van der Waals surface area contributed by atoms with Crippen LogP contribution < -0.4 is 10.5 Å². The van der Waals surface area contributed by atoms with Crippen molar-refractivity contribution in [2.24, 2.45) is 5.73 Å². The fourth-order valence-electron chi connectivity index (χ4n) is 2.03. The molecule has 3 nitrogen and oxygen atoms in total. The van der Waals surface area contributed by atoms with Gasteiger partial charge in [0.1, 0.15) is 5.75 Å². The molecule has 19 heavy (non-hydrogen) atoms. The second kappa shape index (κ2) is 6.17. The fraction of sp³-hybridized carbons (Fsp3) is 0.400. The summed E-state index contributed by atoms with van der Waals surface area (Å²) in [4.78, 5) is 5.82. The molecular formula is C15H20N2OS. The maximum Gasteiger partial charge on any atom is 0.119 e. The van der Waals surface area contributed by atoms with Gasteiger partial charge in [-0.1, -0.05) is 12.1 Å². The summed E-state index contributed by atoms with van der Waals surface area (Å²) in [6.45, 7) is 4.15. The average molecular weight is 276 g/mol. The zero-order chi connectivity index (χ0) is 13.8. The Labute approximate surface area is 118 Å². The Kier molecular flexibility index (Phi) is 4.56. The molecule has 1 heterocycles. The summed E-state index contributed by atoms with van der Waals surface area (Å²) in [6, 6.07) is 8.16. The van der Waals surface area contributed by atoms with Gasteiger partial charge in [-0.15, -0.1) is 11.3 Å². The van der Waals surface area contributed by atoms with Crippen LogP contribution in [-0.2, 0) is 12.8 Å². The SMILES string of the molecule is COc1cccc(CC(N)Cc2nc(C)c(C)s2)c1. The Morgan fingerprint density at radius 2 is 2.11 bits per heavy atom. The lowest BCUT2D eigenvalue weighted by Crippen LogP contribution is -2.25. The van der Waals surface area contributed by atoms with Crippen LogP contribution >= 0.6 is 11.3 Å². The van der Waals surface area contributed by atoms with Gasteiger partial charge < -0.3 is 10.5 Å². The third kappa shape index (κ3) is 3.78. The first-order valence-corrected chi connectivity index (χ1v) is 7.21. The summed E-state index contributed by atoms with van der Waals surface area (Å²) in [5, 5.41) is 1.13. The second-order valence-electron chi connectivity index (χ2n) is 4.77. The van der Waals surface area contributed by atoms with Gasteiger partial charge in [0.05, 0.1) is 17.8 Å². The number of hydrogen-bond acceptors (Lipinski definition) is 4. The number of nitrogens with zero attached hydrogens (tertiary/aromatic N) is 1. The Morgan fingerprint density at radius 3 is 2.74 bits per heavy atom. The quantitative estimate of drug-likeness (QED) is 0.913. The zero-order valence-electron chi connectivity index (χ0n) is 11.6. The van der Waals surface area contributed by atoms with Crippen LogP contribution in [0.25, 0.3) is 0 Å². The molecule has 1 aromatic heterocycles. The van der Waals surface area contributed by atoms with Crippen LogP contribution in [0.4, 0.5) is 0 Å². The van der Waals surface area contributed by atoms with Gasteiger partial charge in [-0.3, -0.25) is 0 Å². The summed E-state index contributed by atoms with van der Waals surface area (Å²) in [5.74, 6) is 0.880. The van der Waals surface area contributed by atoms with E-state index in [1.54, 1.807) is 18.4 Å². The molecule has 1 aromatic carbocycles. The van der Waals surface area contributed by atoms with E-state index in [1.807, 2.05) is 25.1 Å². The van der Waals surface area contributed by atoms with E-state index in [2.05, 4.69) is 18.0 Å². The molecular weight excluding hydrogens is 256 g/mol. The number of rotatable bonds is 5. The molecule has 1 atom stereocenters. The van der Waals surface area contributed by atoms with E-state index >= 15 is 0 Å². The minimum Gasteiger partial charge on any atom is -0.497 e. The minimum absolute atomic E-state index is 0.0945. The highest BCUT2D eigenvalue weighted by atomic mass is 32.1. The average Bonchev–Trinajstić information content (AvgIpc) is 2.68. The van der Waals surface area contributed by atoms with Crippen molar-refractivity contribution < 1.29 is 4.74 Å². The number of benzene rings is 1. The molecule has 4 heteroatoms. The van der Waals surface area contributed by atoms with E-state index in [0.29, 0.717) is 0 Å². The van der Waals surface area contributed by atoms with E-state index in [9.17, 15) is 0 Å². The van der Waals surface area contributed by atoms with Crippen LogP contribution in [-0.4, -0.2) is 18.1 Å². The molecule has 0 spiro atoms. The van der Waals surface area contributed by atoms with Gasteiger partial charge in [-0.25, -0.2) is 4.98 Å². The van der Waals surface area contributed by atoms with Crippen molar-refractivity contribution >= 4 is 11.3 Å². The van der Waals surface area contributed by atoms with Crippen molar-refractivity contribution in [1.29, 1.82) is 0 Å². The smallest absolute Gasteiger partial charge is 0.119 e. The van der Waals surface area contributed by atoms with Gasteiger partial charge in [0.2, 0.25) is 0 Å². The topological polar surface area (TPSA) is 48.1 Å². The van der Waals surface area contributed by atoms with Crippen molar-refractivity contribution in [3.63, 3.8) is 0 Å². The number of ether oxygens (including phenoxy) is 1. The molecule has 0 saturated carbocycles. The van der Waals surface area contributed by atoms with Gasteiger partial charge in [-0.2, -0.15) is 0 Å². The fourth-order valence-corrected chi connectivity index (χ4v) is 3.05. The Bertz CT molecular complexity index is 531. The summed E-state index contributed by atoms with van der Waals surface area (Å²) in [7, 11) is 1.68. The van der Waals surface area contributed by atoms with E-state index in [1.165, 1.54) is 10.4 Å². The molecule has 0 aliphatic rings. The first kappa shape index (κ1) is 14.0. The molecule has 2 N–H and O–H groups in total. The van der Waals surface area contributed by atoms with Crippen molar-refractivity contribution in [2.75, 3.05) is 7.11 Å². The molecule has 2 rings (SSSR count). The predicted octanol–water partition coefficient (Wildman–Crippen LogP) is 2.88. The zero-order valence-corrected chi connectivity index (χ0v) is 12.5. The van der Waals surface area contributed by atoms with Crippen molar-refractivity contribution in [1.82, 2.24) is 4.98 Å². The molecule has 102 valence electrons. The van der Waals surface area contributed by atoms with Crippen LogP contribution in [0.5, 0.6) is 5.75 Å². The van der Waals surface area contributed by atoms with E-state index in [4.69, 9.17) is 10.5 Å². The number of thiazole rings is 1. The number of nitrogens with two attached hydrogens (primary N) is 1. The normalized spacial score (nSPS) is 12.4. The van der Waals surface area contributed by atoms with Crippen molar-refractivity contribution in [3.05, 3.63) is 45.4 Å². The van der Waals surface area contributed by atoms with E-state index < -0.39 is 0 Å². The largest absolute Gasteiger partial charge is 0.497 e. The van der Waals surface area contributed by atoms with Gasteiger partial charge in [0.25, 0.3) is 0 Å². The number of hydrogen-bond donors (Lipinski definition) is 1. The predicted molar refractivity (Wildman–Crippen MR) is 80.0 cm³/mol. The Balaban J connectivity index is 1.98. The lowest BCUT2D eigenvalue weighted by atomic mass is 10.0. The molecule has 2 aromatic rings. The highest BCUT2D eigenvalue weighted by Gasteiger charge is 2.10. The summed E-state index contributed by atoms with van der Waals surface area (Å²) in [5.41, 5.74) is 8.54. The second-order valence-corrected chi connectivity index (χ2v) is 6.06. The van der Waals surface area contributed by atoms with E-state index in [0.717, 1.165) is 29.3 Å². The molecule has 0 amide bonds.